The molecular formula is C17H28N2O2. The van der Waals surface area contributed by atoms with Crippen molar-refractivity contribution in [3.8, 4) is 5.75 Å². The van der Waals surface area contributed by atoms with Crippen molar-refractivity contribution in [3.63, 3.8) is 0 Å². The lowest BCUT2D eigenvalue weighted by Crippen LogP contribution is -2.29. The van der Waals surface area contributed by atoms with Crippen LogP contribution in [0.5, 0.6) is 5.75 Å². The Balaban J connectivity index is 2.32. The number of carbonyl (C=O) groups excluding carboxylic acids is 1. The first-order valence-electron chi connectivity index (χ1n) is 7.54. The molecule has 1 unspecified atom stereocenters. The first-order chi connectivity index (χ1) is 9.79. The highest BCUT2D eigenvalue weighted by atomic mass is 16.5. The van der Waals surface area contributed by atoms with Crippen molar-refractivity contribution < 1.29 is 9.53 Å². The van der Waals surface area contributed by atoms with E-state index in [0.717, 1.165) is 5.75 Å². The van der Waals surface area contributed by atoms with Crippen LogP contribution in [0.3, 0.4) is 0 Å². The van der Waals surface area contributed by atoms with Gasteiger partial charge in [-0.3, -0.25) is 4.79 Å². The maximum atomic E-state index is 11.5. The Hall–Kier alpha value is -1.55. The smallest absolute Gasteiger partial charge is 0.220 e. The second kappa shape index (κ2) is 8.03. The van der Waals surface area contributed by atoms with Crippen LogP contribution in [0, 0.1) is 0 Å². The lowest BCUT2D eigenvalue weighted by molar-refractivity contribution is -0.121. The molecule has 0 aliphatic heterocycles. The Labute approximate surface area is 128 Å². The van der Waals surface area contributed by atoms with Gasteiger partial charge in [-0.25, -0.2) is 0 Å². The number of hydrogen-bond donors (Lipinski definition) is 2. The van der Waals surface area contributed by atoms with Crippen LogP contribution in [0.1, 0.15) is 46.1 Å². The maximum absolute atomic E-state index is 11.5. The van der Waals surface area contributed by atoms with Crippen molar-refractivity contribution in [3.05, 3.63) is 29.8 Å². The van der Waals surface area contributed by atoms with Crippen molar-refractivity contribution in [2.24, 2.45) is 5.73 Å². The van der Waals surface area contributed by atoms with Gasteiger partial charge in [-0.05, 0) is 36.5 Å². The van der Waals surface area contributed by atoms with E-state index in [1.165, 1.54) is 5.56 Å². The summed E-state index contributed by atoms with van der Waals surface area (Å²) in [6, 6.07) is 8.15. The average molecular weight is 292 g/mol. The highest BCUT2D eigenvalue weighted by molar-refractivity contribution is 5.75. The van der Waals surface area contributed by atoms with Crippen molar-refractivity contribution in [1.82, 2.24) is 5.32 Å². The largest absolute Gasteiger partial charge is 0.492 e. The summed E-state index contributed by atoms with van der Waals surface area (Å²) in [4.78, 5) is 11.5. The van der Waals surface area contributed by atoms with E-state index in [1.807, 2.05) is 19.1 Å². The minimum atomic E-state index is 0.0272. The molecule has 0 aliphatic carbocycles. The molecule has 0 heterocycles. The Kier molecular flexibility index (Phi) is 6.69. The molecule has 1 rings (SSSR count). The summed E-state index contributed by atoms with van der Waals surface area (Å²) in [5.74, 6) is 0.867. The normalized spacial score (nSPS) is 12.8. The molecule has 4 nitrogen and oxygen atoms in total. The minimum absolute atomic E-state index is 0.0272. The maximum Gasteiger partial charge on any atom is 0.220 e. The Bertz CT molecular complexity index is 450. The van der Waals surface area contributed by atoms with Gasteiger partial charge in [-0.15, -0.1) is 0 Å². The van der Waals surface area contributed by atoms with Gasteiger partial charge in [0.25, 0.3) is 0 Å². The molecule has 1 atom stereocenters. The van der Waals surface area contributed by atoms with Gasteiger partial charge in [0.15, 0.2) is 0 Å². The molecule has 0 aliphatic rings. The fourth-order valence-corrected chi connectivity index (χ4v) is 1.86. The summed E-state index contributed by atoms with van der Waals surface area (Å²) in [5, 5.41) is 2.83. The van der Waals surface area contributed by atoms with E-state index < -0.39 is 0 Å². The quantitative estimate of drug-likeness (QED) is 0.759. The topological polar surface area (TPSA) is 64.4 Å². The predicted octanol–water partition coefficient (Wildman–Crippen LogP) is 2.61. The fraction of sp³-hybridized carbons (Fsp3) is 0.588. The van der Waals surface area contributed by atoms with E-state index in [-0.39, 0.29) is 17.4 Å². The SMILES string of the molecule is CC(N)CCC(=O)NCCOc1cccc(C(C)(C)C)c1. The minimum Gasteiger partial charge on any atom is -0.492 e. The molecule has 118 valence electrons. The van der Waals surface area contributed by atoms with Gasteiger partial charge in [0.1, 0.15) is 12.4 Å². The highest BCUT2D eigenvalue weighted by Gasteiger charge is 2.13. The van der Waals surface area contributed by atoms with E-state index in [0.29, 0.717) is 26.0 Å². The molecule has 0 saturated carbocycles. The predicted molar refractivity (Wildman–Crippen MR) is 86.5 cm³/mol. The summed E-state index contributed by atoms with van der Waals surface area (Å²) in [6.45, 7) is 9.40. The number of nitrogens with two attached hydrogens (primary N) is 1. The van der Waals surface area contributed by atoms with Crippen LogP contribution in [0.15, 0.2) is 24.3 Å². The zero-order valence-corrected chi connectivity index (χ0v) is 13.6. The van der Waals surface area contributed by atoms with Crippen molar-refractivity contribution in [2.75, 3.05) is 13.2 Å². The van der Waals surface area contributed by atoms with Crippen LogP contribution in [-0.4, -0.2) is 25.1 Å². The van der Waals surface area contributed by atoms with Crippen molar-refractivity contribution >= 4 is 5.91 Å². The Morgan fingerprint density at radius 1 is 1.38 bits per heavy atom. The summed E-state index contributed by atoms with van der Waals surface area (Å²) < 4.78 is 5.68. The molecule has 1 aromatic rings. The van der Waals surface area contributed by atoms with E-state index in [9.17, 15) is 4.79 Å². The summed E-state index contributed by atoms with van der Waals surface area (Å²) >= 11 is 0. The number of ether oxygens (including phenoxy) is 1. The second-order valence-electron chi connectivity index (χ2n) is 6.49. The van der Waals surface area contributed by atoms with Gasteiger partial charge < -0.3 is 15.8 Å². The first-order valence-corrected chi connectivity index (χ1v) is 7.54. The number of amides is 1. The first kappa shape index (κ1) is 17.5. The third kappa shape index (κ3) is 7.14. The third-order valence-corrected chi connectivity index (χ3v) is 3.22. The van der Waals surface area contributed by atoms with E-state index in [2.05, 4.69) is 38.2 Å². The molecule has 4 heteroatoms. The van der Waals surface area contributed by atoms with Crippen LogP contribution in [0.25, 0.3) is 0 Å². The van der Waals surface area contributed by atoms with Crippen LogP contribution in [0.2, 0.25) is 0 Å². The fourth-order valence-electron chi connectivity index (χ4n) is 1.86. The number of benzene rings is 1. The monoisotopic (exact) mass is 292 g/mol. The zero-order valence-electron chi connectivity index (χ0n) is 13.6. The van der Waals surface area contributed by atoms with E-state index in [4.69, 9.17) is 10.5 Å². The van der Waals surface area contributed by atoms with Crippen molar-refractivity contribution in [2.45, 2.75) is 52.0 Å². The van der Waals surface area contributed by atoms with Gasteiger partial charge in [0, 0.05) is 12.5 Å². The lowest BCUT2D eigenvalue weighted by atomic mass is 9.87. The number of hydrogen-bond acceptors (Lipinski definition) is 3. The zero-order chi connectivity index (χ0) is 15.9. The number of carbonyl (C=O) groups is 1. The van der Waals surface area contributed by atoms with Gasteiger partial charge in [-0.1, -0.05) is 32.9 Å². The van der Waals surface area contributed by atoms with Crippen LogP contribution < -0.4 is 15.8 Å². The third-order valence-electron chi connectivity index (χ3n) is 3.22. The van der Waals surface area contributed by atoms with Gasteiger partial charge in [-0.2, -0.15) is 0 Å². The van der Waals surface area contributed by atoms with Gasteiger partial charge >= 0.3 is 0 Å². The molecule has 0 fully saturated rings. The molecule has 3 N–H and O–H groups in total. The second-order valence-corrected chi connectivity index (χ2v) is 6.49. The van der Waals surface area contributed by atoms with Gasteiger partial charge in [0.05, 0.1) is 6.54 Å². The van der Waals surface area contributed by atoms with Crippen molar-refractivity contribution in [1.29, 1.82) is 0 Å². The Morgan fingerprint density at radius 3 is 2.71 bits per heavy atom. The van der Waals surface area contributed by atoms with E-state index >= 15 is 0 Å². The molecular weight excluding hydrogens is 264 g/mol. The number of nitrogens with one attached hydrogen (secondary N) is 1. The van der Waals surface area contributed by atoms with E-state index in [1.54, 1.807) is 0 Å². The summed E-state index contributed by atoms with van der Waals surface area (Å²) in [6.07, 6.45) is 1.18. The highest BCUT2D eigenvalue weighted by Crippen LogP contribution is 2.25. The van der Waals surface area contributed by atoms with Crippen LogP contribution in [0.4, 0.5) is 0 Å². The molecule has 1 amide bonds. The van der Waals surface area contributed by atoms with Crippen LogP contribution in [-0.2, 0) is 10.2 Å². The van der Waals surface area contributed by atoms with Gasteiger partial charge in [0.2, 0.25) is 5.91 Å². The molecule has 0 bridgehead atoms. The molecule has 0 spiro atoms. The Morgan fingerprint density at radius 2 is 2.10 bits per heavy atom. The average Bonchev–Trinajstić information content (AvgIpc) is 2.41. The lowest BCUT2D eigenvalue weighted by Gasteiger charge is -2.19. The standard InChI is InChI=1S/C17H28N2O2/c1-13(18)8-9-16(20)19-10-11-21-15-7-5-6-14(12-15)17(2,3)4/h5-7,12-13H,8-11,18H2,1-4H3,(H,19,20). The molecule has 1 aromatic carbocycles. The molecule has 21 heavy (non-hydrogen) atoms. The van der Waals surface area contributed by atoms with Crippen LogP contribution >= 0.6 is 0 Å². The molecule has 0 aromatic heterocycles. The summed E-state index contributed by atoms with van der Waals surface area (Å²) in [5.41, 5.74) is 6.96. The number of rotatable bonds is 7. The molecule has 0 radical (unpaired) electrons. The molecule has 0 saturated heterocycles. The summed E-state index contributed by atoms with van der Waals surface area (Å²) in [7, 11) is 0.